The smallest absolute Gasteiger partial charge is 0.344 e. The molecular weight excluding hydrogens is 392 g/mol. The van der Waals surface area contributed by atoms with Crippen LogP contribution in [0.25, 0.3) is 6.08 Å². The Morgan fingerprint density at radius 1 is 1.20 bits per heavy atom. The van der Waals surface area contributed by atoms with Gasteiger partial charge in [0.05, 0.1) is 31.0 Å². The van der Waals surface area contributed by atoms with E-state index in [9.17, 15) is 14.4 Å². The second kappa shape index (κ2) is 10.9. The van der Waals surface area contributed by atoms with E-state index in [4.69, 9.17) is 18.9 Å². The van der Waals surface area contributed by atoms with Crippen LogP contribution in [-0.4, -0.2) is 50.9 Å². The van der Waals surface area contributed by atoms with Gasteiger partial charge < -0.3 is 29.6 Å². The van der Waals surface area contributed by atoms with Gasteiger partial charge in [-0.3, -0.25) is 0 Å². The van der Waals surface area contributed by atoms with Gasteiger partial charge in [-0.15, -0.1) is 0 Å². The number of rotatable bonds is 9. The molecule has 1 atom stereocenters. The van der Waals surface area contributed by atoms with E-state index in [1.807, 2.05) is 25.1 Å². The first kappa shape index (κ1) is 22.8. The number of hydrogen-bond acceptors (Lipinski definition) is 7. The van der Waals surface area contributed by atoms with Crippen LogP contribution in [-0.2, 0) is 19.1 Å². The summed E-state index contributed by atoms with van der Waals surface area (Å²) in [5, 5.41) is 5.05. The summed E-state index contributed by atoms with van der Waals surface area (Å²) < 4.78 is 20.9. The van der Waals surface area contributed by atoms with E-state index in [0.29, 0.717) is 11.5 Å². The van der Waals surface area contributed by atoms with Crippen molar-refractivity contribution in [3.05, 3.63) is 41.1 Å². The van der Waals surface area contributed by atoms with Gasteiger partial charge in [0.25, 0.3) is 0 Å². The molecule has 0 aliphatic carbocycles. The van der Waals surface area contributed by atoms with E-state index in [-0.39, 0.29) is 31.1 Å². The van der Waals surface area contributed by atoms with Crippen LogP contribution in [0.15, 0.2) is 35.5 Å². The van der Waals surface area contributed by atoms with Gasteiger partial charge in [0.2, 0.25) is 0 Å². The summed E-state index contributed by atoms with van der Waals surface area (Å²) >= 11 is 0. The predicted octanol–water partition coefficient (Wildman–Crippen LogP) is 2.17. The minimum absolute atomic E-state index is 0.173. The molecule has 1 aliphatic rings. The summed E-state index contributed by atoms with van der Waals surface area (Å²) in [4.78, 5) is 36.0. The van der Waals surface area contributed by atoms with Crippen molar-refractivity contribution in [2.75, 3.05) is 26.9 Å². The lowest BCUT2D eigenvalue weighted by Crippen LogP contribution is -2.50. The van der Waals surface area contributed by atoms with E-state index in [1.165, 1.54) is 7.11 Å². The van der Waals surface area contributed by atoms with E-state index < -0.39 is 24.0 Å². The summed E-state index contributed by atoms with van der Waals surface area (Å²) in [5.74, 6) is -0.403. The number of benzene rings is 1. The summed E-state index contributed by atoms with van der Waals surface area (Å²) in [6.07, 6.45) is 3.80. The van der Waals surface area contributed by atoms with Crippen LogP contribution in [0.2, 0.25) is 0 Å². The number of allylic oxidation sites excluding steroid dienone is 1. The Morgan fingerprint density at radius 3 is 2.63 bits per heavy atom. The number of methoxy groups -OCH3 is 1. The number of amides is 2. The van der Waals surface area contributed by atoms with Crippen LogP contribution in [0.1, 0.15) is 26.3 Å². The predicted molar refractivity (Wildman–Crippen MR) is 109 cm³/mol. The lowest BCUT2D eigenvalue weighted by molar-refractivity contribution is -0.145. The molecule has 2 amide bonds. The molecule has 0 spiro atoms. The SMILES string of the molecule is C/C=C/c1ccc(OCC(=O)OCC2=C(C(=O)OCC)[C@H](C)NC(=O)N2)c(OC)c1. The second-order valence-corrected chi connectivity index (χ2v) is 6.29. The fourth-order valence-corrected chi connectivity index (χ4v) is 2.82. The first-order valence-electron chi connectivity index (χ1n) is 9.46. The molecule has 162 valence electrons. The van der Waals surface area contributed by atoms with Crippen molar-refractivity contribution in [2.24, 2.45) is 0 Å². The molecule has 0 bridgehead atoms. The Morgan fingerprint density at radius 2 is 1.97 bits per heavy atom. The number of nitrogens with one attached hydrogen (secondary N) is 2. The van der Waals surface area contributed by atoms with Crippen molar-refractivity contribution in [1.82, 2.24) is 10.6 Å². The highest BCUT2D eigenvalue weighted by molar-refractivity contribution is 5.94. The summed E-state index contributed by atoms with van der Waals surface area (Å²) in [6, 6.07) is 4.22. The highest BCUT2D eigenvalue weighted by Gasteiger charge is 2.30. The molecule has 0 radical (unpaired) electrons. The van der Waals surface area contributed by atoms with Crippen molar-refractivity contribution < 1.29 is 33.3 Å². The van der Waals surface area contributed by atoms with Crippen LogP contribution in [0, 0.1) is 0 Å². The van der Waals surface area contributed by atoms with Crippen molar-refractivity contribution >= 4 is 24.0 Å². The zero-order valence-corrected chi connectivity index (χ0v) is 17.4. The molecule has 0 saturated carbocycles. The maximum absolute atomic E-state index is 12.2. The van der Waals surface area contributed by atoms with Gasteiger partial charge in [-0.05, 0) is 38.5 Å². The zero-order chi connectivity index (χ0) is 22.1. The number of esters is 2. The van der Waals surface area contributed by atoms with Crippen LogP contribution < -0.4 is 20.1 Å². The van der Waals surface area contributed by atoms with E-state index in [1.54, 1.807) is 26.0 Å². The van der Waals surface area contributed by atoms with Crippen LogP contribution in [0.4, 0.5) is 4.79 Å². The third kappa shape index (κ3) is 6.00. The van der Waals surface area contributed by atoms with E-state index in [0.717, 1.165) is 5.56 Å². The Kier molecular flexibility index (Phi) is 8.28. The van der Waals surface area contributed by atoms with Crippen LogP contribution in [0.3, 0.4) is 0 Å². The van der Waals surface area contributed by atoms with Crippen LogP contribution >= 0.6 is 0 Å². The number of carbonyl (C=O) groups is 3. The number of ether oxygens (including phenoxy) is 4. The fraction of sp³-hybridized carbons (Fsp3) is 0.381. The number of carbonyl (C=O) groups excluding carboxylic acids is 3. The van der Waals surface area contributed by atoms with Gasteiger partial charge in [-0.25, -0.2) is 14.4 Å². The molecule has 9 nitrogen and oxygen atoms in total. The van der Waals surface area contributed by atoms with Crippen LogP contribution in [0.5, 0.6) is 11.5 Å². The van der Waals surface area contributed by atoms with E-state index >= 15 is 0 Å². The molecule has 1 aliphatic heterocycles. The molecule has 1 aromatic rings. The number of urea groups is 1. The molecule has 1 heterocycles. The molecule has 0 aromatic heterocycles. The molecular formula is C21H26N2O7. The summed E-state index contributed by atoms with van der Waals surface area (Å²) in [5.41, 5.74) is 1.30. The van der Waals surface area contributed by atoms with Crippen molar-refractivity contribution in [3.8, 4) is 11.5 Å². The lowest BCUT2D eigenvalue weighted by atomic mass is 10.0. The maximum atomic E-state index is 12.2. The fourth-order valence-electron chi connectivity index (χ4n) is 2.82. The average molecular weight is 418 g/mol. The van der Waals surface area contributed by atoms with Gasteiger partial charge in [0.1, 0.15) is 6.61 Å². The largest absolute Gasteiger partial charge is 0.493 e. The zero-order valence-electron chi connectivity index (χ0n) is 17.4. The normalized spacial score (nSPS) is 16.0. The molecule has 0 unspecified atom stereocenters. The third-order valence-electron chi connectivity index (χ3n) is 4.14. The Hall–Kier alpha value is -3.49. The quantitative estimate of drug-likeness (QED) is 0.591. The molecule has 30 heavy (non-hydrogen) atoms. The molecule has 1 aromatic carbocycles. The average Bonchev–Trinajstić information content (AvgIpc) is 2.71. The van der Waals surface area contributed by atoms with Gasteiger partial charge in [-0.1, -0.05) is 18.2 Å². The minimum Gasteiger partial charge on any atom is -0.493 e. The highest BCUT2D eigenvalue weighted by atomic mass is 16.6. The summed E-state index contributed by atoms with van der Waals surface area (Å²) in [6.45, 7) is 4.72. The maximum Gasteiger partial charge on any atom is 0.344 e. The standard InChI is InChI=1S/C21H26N2O7/c1-5-7-14-8-9-16(17(10-14)27-4)29-12-18(24)30-11-15-19(20(25)28-6-2)13(3)22-21(26)23-15/h5,7-10,13H,6,11-12H2,1-4H3,(H2,22,23,26)/b7-5+/t13-/m0/s1. The monoisotopic (exact) mass is 418 g/mol. The number of hydrogen-bond donors (Lipinski definition) is 2. The van der Waals surface area contributed by atoms with Gasteiger partial charge in [0, 0.05) is 0 Å². The molecule has 0 fully saturated rings. The lowest BCUT2D eigenvalue weighted by Gasteiger charge is -2.26. The minimum atomic E-state index is -0.675. The first-order valence-corrected chi connectivity index (χ1v) is 9.46. The first-order chi connectivity index (χ1) is 14.4. The molecule has 2 N–H and O–H groups in total. The topological polar surface area (TPSA) is 112 Å². The molecule has 0 saturated heterocycles. The van der Waals surface area contributed by atoms with Crippen molar-refractivity contribution in [3.63, 3.8) is 0 Å². The van der Waals surface area contributed by atoms with E-state index in [2.05, 4.69) is 10.6 Å². The van der Waals surface area contributed by atoms with Crippen molar-refractivity contribution in [1.29, 1.82) is 0 Å². The summed E-state index contributed by atoms with van der Waals surface area (Å²) in [7, 11) is 1.50. The molecule has 2 rings (SSSR count). The molecule has 9 heteroatoms. The van der Waals surface area contributed by atoms with Crippen molar-refractivity contribution in [2.45, 2.75) is 26.8 Å². The second-order valence-electron chi connectivity index (χ2n) is 6.29. The Bertz CT molecular complexity index is 861. The Balaban J connectivity index is 2.01. The third-order valence-corrected chi connectivity index (χ3v) is 4.14. The van der Waals surface area contributed by atoms with Gasteiger partial charge >= 0.3 is 18.0 Å². The Labute approximate surface area is 175 Å². The van der Waals surface area contributed by atoms with Gasteiger partial charge in [-0.2, -0.15) is 0 Å². The highest BCUT2D eigenvalue weighted by Crippen LogP contribution is 2.28. The van der Waals surface area contributed by atoms with Gasteiger partial charge in [0.15, 0.2) is 18.1 Å².